The number of hydrogen-bond donors (Lipinski definition) is 0. The predicted molar refractivity (Wildman–Crippen MR) is 70.1 cm³/mol. The minimum absolute atomic E-state index is 0.200. The van der Waals surface area contributed by atoms with Crippen molar-refractivity contribution in [3.8, 4) is 5.69 Å². The van der Waals surface area contributed by atoms with Crippen molar-refractivity contribution < 1.29 is 4.39 Å². The zero-order valence-electron chi connectivity index (χ0n) is 10.7. The molecule has 5 nitrogen and oxygen atoms in total. The zero-order valence-corrected chi connectivity index (χ0v) is 10.7. The van der Waals surface area contributed by atoms with Gasteiger partial charge in [0.1, 0.15) is 18.2 Å². The maximum Gasteiger partial charge on any atom is 0.159 e. The van der Waals surface area contributed by atoms with Crippen LogP contribution in [0.4, 0.5) is 4.39 Å². The Morgan fingerprint density at radius 2 is 2.15 bits per heavy atom. The van der Waals surface area contributed by atoms with E-state index >= 15 is 0 Å². The van der Waals surface area contributed by atoms with Crippen molar-refractivity contribution in [1.82, 2.24) is 24.5 Å². The molecule has 0 spiro atoms. The van der Waals surface area contributed by atoms with Crippen LogP contribution in [0, 0.1) is 5.82 Å². The lowest BCUT2D eigenvalue weighted by molar-refractivity contribution is 0.616. The standard InChI is InChI=1S/C14H12FN5/c15-11-3-4-12-10(8-11)2-5-13-17-18-14(20(12)13)9-19-7-1-6-16-19/h1,3-4,6-8H,2,5,9H2. The molecule has 0 atom stereocenters. The molecule has 1 aromatic carbocycles. The second kappa shape index (κ2) is 4.26. The van der Waals surface area contributed by atoms with Crippen LogP contribution >= 0.6 is 0 Å². The minimum Gasteiger partial charge on any atom is -0.281 e. The van der Waals surface area contributed by atoms with Crippen LogP contribution in [0.25, 0.3) is 5.69 Å². The summed E-state index contributed by atoms with van der Waals surface area (Å²) in [5.74, 6) is 1.54. The topological polar surface area (TPSA) is 48.5 Å². The monoisotopic (exact) mass is 269 g/mol. The van der Waals surface area contributed by atoms with Gasteiger partial charge in [0.2, 0.25) is 0 Å². The molecule has 2 aromatic heterocycles. The van der Waals surface area contributed by atoms with E-state index < -0.39 is 0 Å². The molecule has 100 valence electrons. The van der Waals surface area contributed by atoms with Gasteiger partial charge in [0, 0.05) is 18.8 Å². The van der Waals surface area contributed by atoms with Crippen molar-refractivity contribution in [2.45, 2.75) is 19.4 Å². The van der Waals surface area contributed by atoms with Gasteiger partial charge in [-0.1, -0.05) is 0 Å². The SMILES string of the molecule is Fc1ccc2c(c1)CCc1nnc(Cn3cccn3)n1-2. The summed E-state index contributed by atoms with van der Waals surface area (Å²) >= 11 is 0. The van der Waals surface area contributed by atoms with E-state index in [1.165, 1.54) is 6.07 Å². The van der Waals surface area contributed by atoms with Gasteiger partial charge in [0.15, 0.2) is 5.82 Å². The molecule has 0 aliphatic carbocycles. The van der Waals surface area contributed by atoms with E-state index in [9.17, 15) is 4.39 Å². The van der Waals surface area contributed by atoms with Crippen LogP contribution in [0.2, 0.25) is 0 Å². The molecule has 1 aliphatic rings. The highest BCUT2D eigenvalue weighted by atomic mass is 19.1. The Hall–Kier alpha value is -2.50. The maximum atomic E-state index is 13.3. The van der Waals surface area contributed by atoms with Crippen molar-refractivity contribution in [1.29, 1.82) is 0 Å². The summed E-state index contributed by atoms with van der Waals surface area (Å²) in [5.41, 5.74) is 1.97. The van der Waals surface area contributed by atoms with Gasteiger partial charge >= 0.3 is 0 Å². The van der Waals surface area contributed by atoms with E-state index in [4.69, 9.17) is 0 Å². The highest BCUT2D eigenvalue weighted by Gasteiger charge is 2.21. The molecule has 1 aliphatic heterocycles. The molecule has 0 amide bonds. The number of aryl methyl sites for hydroxylation is 2. The number of fused-ring (bicyclic) bond motifs is 3. The van der Waals surface area contributed by atoms with Gasteiger partial charge in [-0.2, -0.15) is 5.10 Å². The molecule has 4 rings (SSSR count). The Balaban J connectivity index is 1.82. The van der Waals surface area contributed by atoms with Gasteiger partial charge in [0.25, 0.3) is 0 Å². The molecule has 0 fully saturated rings. The summed E-state index contributed by atoms with van der Waals surface area (Å²) in [6.07, 6.45) is 5.20. The first-order chi connectivity index (χ1) is 9.81. The van der Waals surface area contributed by atoms with Gasteiger partial charge in [-0.25, -0.2) is 4.39 Å². The third kappa shape index (κ3) is 1.72. The van der Waals surface area contributed by atoms with Crippen LogP contribution in [0.1, 0.15) is 17.2 Å². The molecular formula is C14H12FN5. The molecule has 0 radical (unpaired) electrons. The van der Waals surface area contributed by atoms with Gasteiger partial charge in [-0.3, -0.25) is 9.25 Å². The first-order valence-electron chi connectivity index (χ1n) is 6.51. The van der Waals surface area contributed by atoms with E-state index in [0.717, 1.165) is 35.7 Å². The van der Waals surface area contributed by atoms with Crippen LogP contribution in [0.15, 0.2) is 36.7 Å². The number of rotatable bonds is 2. The third-order valence-corrected chi connectivity index (χ3v) is 3.56. The van der Waals surface area contributed by atoms with E-state index in [1.807, 2.05) is 16.8 Å². The van der Waals surface area contributed by atoms with Crippen molar-refractivity contribution in [3.63, 3.8) is 0 Å². The van der Waals surface area contributed by atoms with Crippen LogP contribution < -0.4 is 0 Å². The lowest BCUT2D eigenvalue weighted by atomic mass is 10.0. The smallest absolute Gasteiger partial charge is 0.159 e. The Labute approximate surface area is 114 Å². The molecule has 0 N–H and O–H groups in total. The van der Waals surface area contributed by atoms with Crippen molar-refractivity contribution in [2.75, 3.05) is 0 Å². The third-order valence-electron chi connectivity index (χ3n) is 3.56. The summed E-state index contributed by atoms with van der Waals surface area (Å²) in [6, 6.07) is 6.74. The fraction of sp³-hybridized carbons (Fsp3) is 0.214. The minimum atomic E-state index is -0.200. The number of halogens is 1. The van der Waals surface area contributed by atoms with Crippen molar-refractivity contribution in [3.05, 3.63) is 59.7 Å². The van der Waals surface area contributed by atoms with Crippen molar-refractivity contribution in [2.24, 2.45) is 0 Å². The first kappa shape index (κ1) is 11.3. The second-order valence-corrected chi connectivity index (χ2v) is 4.84. The Kier molecular flexibility index (Phi) is 2.42. The van der Waals surface area contributed by atoms with Crippen LogP contribution in [-0.2, 0) is 19.4 Å². The average molecular weight is 269 g/mol. The van der Waals surface area contributed by atoms with Crippen LogP contribution in [0.5, 0.6) is 0 Å². The molecule has 0 saturated carbocycles. The fourth-order valence-electron chi connectivity index (χ4n) is 2.65. The summed E-state index contributed by atoms with van der Waals surface area (Å²) < 4.78 is 17.2. The summed E-state index contributed by atoms with van der Waals surface area (Å²) in [5, 5.41) is 12.7. The number of benzene rings is 1. The fourth-order valence-corrected chi connectivity index (χ4v) is 2.65. The molecular weight excluding hydrogens is 257 g/mol. The second-order valence-electron chi connectivity index (χ2n) is 4.84. The molecule has 20 heavy (non-hydrogen) atoms. The number of aromatic nitrogens is 5. The zero-order chi connectivity index (χ0) is 13.5. The lowest BCUT2D eigenvalue weighted by Gasteiger charge is -2.19. The molecule has 3 heterocycles. The first-order valence-corrected chi connectivity index (χ1v) is 6.51. The Morgan fingerprint density at radius 3 is 3.00 bits per heavy atom. The van der Waals surface area contributed by atoms with E-state index in [0.29, 0.717) is 6.54 Å². The number of hydrogen-bond acceptors (Lipinski definition) is 3. The van der Waals surface area contributed by atoms with E-state index in [-0.39, 0.29) is 5.82 Å². The summed E-state index contributed by atoms with van der Waals surface area (Å²) in [4.78, 5) is 0. The number of nitrogens with zero attached hydrogens (tertiary/aromatic N) is 5. The van der Waals surface area contributed by atoms with Crippen molar-refractivity contribution >= 4 is 0 Å². The van der Waals surface area contributed by atoms with Gasteiger partial charge < -0.3 is 0 Å². The Bertz CT molecular complexity index is 760. The lowest BCUT2D eigenvalue weighted by Crippen LogP contribution is -2.16. The van der Waals surface area contributed by atoms with E-state index in [1.54, 1.807) is 23.0 Å². The molecule has 0 saturated heterocycles. The molecule has 0 bridgehead atoms. The summed E-state index contributed by atoms with van der Waals surface area (Å²) in [7, 11) is 0. The Morgan fingerprint density at radius 1 is 1.20 bits per heavy atom. The average Bonchev–Trinajstić information content (AvgIpc) is 3.09. The molecule has 6 heteroatoms. The highest BCUT2D eigenvalue weighted by Crippen LogP contribution is 2.26. The molecule has 0 unspecified atom stereocenters. The van der Waals surface area contributed by atoms with Gasteiger partial charge in [-0.15, -0.1) is 10.2 Å². The molecule has 3 aromatic rings. The largest absolute Gasteiger partial charge is 0.281 e. The van der Waals surface area contributed by atoms with Crippen LogP contribution in [0.3, 0.4) is 0 Å². The quantitative estimate of drug-likeness (QED) is 0.712. The normalized spacial score (nSPS) is 13.1. The highest BCUT2D eigenvalue weighted by molar-refractivity contribution is 5.45. The van der Waals surface area contributed by atoms with Gasteiger partial charge in [0.05, 0.1) is 5.69 Å². The summed E-state index contributed by atoms with van der Waals surface area (Å²) in [6.45, 7) is 0.552. The maximum absolute atomic E-state index is 13.3. The predicted octanol–water partition coefficient (Wildman–Crippen LogP) is 1.75. The van der Waals surface area contributed by atoms with Crippen LogP contribution in [-0.4, -0.2) is 24.5 Å². The van der Waals surface area contributed by atoms with E-state index in [2.05, 4.69) is 15.3 Å². The van der Waals surface area contributed by atoms with Gasteiger partial charge in [-0.05, 0) is 36.2 Å².